The number of aliphatic hydroxyl groups excluding tert-OH is 1. The van der Waals surface area contributed by atoms with Crippen LogP contribution in [0, 0.1) is 23.7 Å². The van der Waals surface area contributed by atoms with Gasteiger partial charge in [0.15, 0.2) is 0 Å². The Kier molecular flexibility index (Phi) is 9.18. The van der Waals surface area contributed by atoms with Crippen LogP contribution in [0.5, 0.6) is 0 Å². The summed E-state index contributed by atoms with van der Waals surface area (Å²) < 4.78 is 5.47. The second kappa shape index (κ2) is 11.1. The third kappa shape index (κ3) is 6.72. The van der Waals surface area contributed by atoms with Gasteiger partial charge in [0, 0.05) is 0 Å². The van der Waals surface area contributed by atoms with Crippen molar-refractivity contribution in [1.82, 2.24) is 0 Å². The van der Waals surface area contributed by atoms with Crippen LogP contribution in [0.15, 0.2) is 12.2 Å². The Morgan fingerprint density at radius 1 is 1.08 bits per heavy atom. The summed E-state index contributed by atoms with van der Waals surface area (Å²) in [6.45, 7) is 7.96. The number of carbonyl (C=O) groups is 1. The van der Waals surface area contributed by atoms with Crippen LogP contribution >= 0.6 is 0 Å². The minimum atomic E-state index is -0.423. The van der Waals surface area contributed by atoms with Crippen molar-refractivity contribution in [3.05, 3.63) is 12.2 Å². The van der Waals surface area contributed by atoms with Gasteiger partial charge in [-0.05, 0) is 68.6 Å². The van der Waals surface area contributed by atoms with Crippen molar-refractivity contribution >= 4 is 5.97 Å². The average molecular weight is 365 g/mol. The highest BCUT2D eigenvalue weighted by Crippen LogP contribution is 2.42. The lowest BCUT2D eigenvalue weighted by atomic mass is 9.69. The number of aliphatic hydroxyl groups is 1. The van der Waals surface area contributed by atoms with Crippen LogP contribution in [-0.2, 0) is 9.53 Å². The molecule has 0 radical (unpaired) electrons. The van der Waals surface area contributed by atoms with Gasteiger partial charge in [-0.1, -0.05) is 52.5 Å². The van der Waals surface area contributed by atoms with Crippen LogP contribution in [0.25, 0.3) is 0 Å². The summed E-state index contributed by atoms with van der Waals surface area (Å²) in [5.41, 5.74) is 0.165. The van der Waals surface area contributed by atoms with E-state index in [-0.39, 0.29) is 18.3 Å². The first-order chi connectivity index (χ1) is 12.5. The number of rotatable bonds is 9. The fourth-order valence-electron chi connectivity index (χ4n) is 5.11. The smallest absolute Gasteiger partial charge is 0.336 e. The third-order valence-electron chi connectivity index (χ3n) is 6.82. The molecule has 2 aliphatic rings. The van der Waals surface area contributed by atoms with Gasteiger partial charge in [-0.3, -0.25) is 0 Å². The maximum atomic E-state index is 11.7. The lowest BCUT2D eigenvalue weighted by Gasteiger charge is -2.38. The van der Waals surface area contributed by atoms with Crippen LogP contribution in [0.1, 0.15) is 90.9 Å². The molecule has 0 bridgehead atoms. The Bertz CT molecular complexity index is 429. The Morgan fingerprint density at radius 3 is 2.19 bits per heavy atom. The summed E-state index contributed by atoms with van der Waals surface area (Å²) in [4.78, 5) is 11.7. The van der Waals surface area contributed by atoms with Crippen molar-refractivity contribution in [2.75, 3.05) is 6.61 Å². The van der Waals surface area contributed by atoms with Gasteiger partial charge in [0.1, 0.15) is 6.10 Å². The summed E-state index contributed by atoms with van der Waals surface area (Å²) in [5.74, 6) is 3.15. The normalized spacial score (nSPS) is 30.6. The molecule has 2 fully saturated rings. The average Bonchev–Trinajstić information content (AvgIpc) is 2.67. The Balaban J connectivity index is 1.65. The zero-order valence-electron chi connectivity index (χ0n) is 17.0. The van der Waals surface area contributed by atoms with Gasteiger partial charge in [-0.2, -0.15) is 0 Å². The molecule has 3 nitrogen and oxygen atoms in total. The first-order valence-electron chi connectivity index (χ1n) is 11.0. The molecule has 0 aromatic heterocycles. The molecule has 0 heterocycles. The fourth-order valence-corrected chi connectivity index (χ4v) is 5.11. The predicted molar refractivity (Wildman–Crippen MR) is 107 cm³/mol. The summed E-state index contributed by atoms with van der Waals surface area (Å²) in [5, 5.41) is 8.96. The minimum absolute atomic E-state index is 0.0257. The number of ether oxygens (including phenoxy) is 1. The van der Waals surface area contributed by atoms with E-state index in [4.69, 9.17) is 9.84 Å². The van der Waals surface area contributed by atoms with Crippen molar-refractivity contribution < 1.29 is 14.6 Å². The second-order valence-electron chi connectivity index (χ2n) is 8.97. The molecule has 0 aliphatic heterocycles. The van der Waals surface area contributed by atoms with Gasteiger partial charge in [-0.25, -0.2) is 4.79 Å². The molecule has 26 heavy (non-hydrogen) atoms. The lowest BCUT2D eigenvalue weighted by molar-refractivity contribution is -0.146. The lowest BCUT2D eigenvalue weighted by Crippen LogP contribution is -2.30. The second-order valence-corrected chi connectivity index (χ2v) is 8.97. The van der Waals surface area contributed by atoms with Crippen molar-refractivity contribution in [2.24, 2.45) is 23.7 Å². The van der Waals surface area contributed by atoms with Crippen molar-refractivity contribution in [3.63, 3.8) is 0 Å². The van der Waals surface area contributed by atoms with E-state index in [1.807, 2.05) is 0 Å². The topological polar surface area (TPSA) is 46.5 Å². The highest BCUT2D eigenvalue weighted by molar-refractivity contribution is 5.88. The SMILES string of the molecule is C=C(CO)C(=O)OC1CCC(C2CCC(CC(C)CCCC)CC2)CC1. The number of hydrogen-bond acceptors (Lipinski definition) is 3. The Hall–Kier alpha value is -0.830. The first kappa shape index (κ1) is 21.5. The van der Waals surface area contributed by atoms with Crippen molar-refractivity contribution in [2.45, 2.75) is 97.0 Å². The molecule has 0 aromatic carbocycles. The summed E-state index contributed by atoms with van der Waals surface area (Å²) >= 11 is 0. The minimum Gasteiger partial charge on any atom is -0.459 e. The van der Waals surface area contributed by atoms with Crippen molar-refractivity contribution in [1.29, 1.82) is 0 Å². The molecule has 3 heteroatoms. The highest BCUT2D eigenvalue weighted by Gasteiger charge is 2.32. The third-order valence-corrected chi connectivity index (χ3v) is 6.82. The molecule has 0 aromatic rings. The summed E-state index contributed by atoms with van der Waals surface area (Å²) in [6, 6.07) is 0. The standard InChI is InChI=1S/C23H40O3/c1-4-5-6-17(2)15-19-7-9-20(10-8-19)21-11-13-22(14-12-21)26-23(25)18(3)16-24/h17,19-22,24H,3-16H2,1-2H3. The molecule has 0 spiro atoms. The predicted octanol–water partition coefficient (Wildman–Crippen LogP) is 5.66. The van der Waals surface area contributed by atoms with Gasteiger partial charge >= 0.3 is 5.97 Å². The van der Waals surface area contributed by atoms with E-state index in [1.54, 1.807) is 0 Å². The van der Waals surface area contributed by atoms with Crippen LogP contribution in [-0.4, -0.2) is 23.8 Å². The number of carbonyl (C=O) groups excluding carboxylic acids is 1. The van der Waals surface area contributed by atoms with Crippen LogP contribution in [0.4, 0.5) is 0 Å². The first-order valence-corrected chi connectivity index (χ1v) is 11.0. The van der Waals surface area contributed by atoms with E-state index >= 15 is 0 Å². The zero-order valence-corrected chi connectivity index (χ0v) is 17.0. The van der Waals surface area contributed by atoms with E-state index in [2.05, 4.69) is 20.4 Å². The fraction of sp³-hybridized carbons (Fsp3) is 0.870. The quantitative estimate of drug-likeness (QED) is 0.424. The van der Waals surface area contributed by atoms with E-state index < -0.39 is 5.97 Å². The molecular formula is C23H40O3. The molecule has 150 valence electrons. The number of unbranched alkanes of at least 4 members (excludes halogenated alkanes) is 1. The molecular weight excluding hydrogens is 324 g/mol. The monoisotopic (exact) mass is 364 g/mol. The number of hydrogen-bond donors (Lipinski definition) is 1. The number of esters is 1. The maximum Gasteiger partial charge on any atom is 0.336 e. The molecule has 1 unspecified atom stereocenters. The molecule has 2 aliphatic carbocycles. The Labute approximate surface area is 160 Å². The van der Waals surface area contributed by atoms with E-state index in [1.165, 1.54) is 64.2 Å². The van der Waals surface area contributed by atoms with Gasteiger partial charge in [-0.15, -0.1) is 0 Å². The summed E-state index contributed by atoms with van der Waals surface area (Å²) in [7, 11) is 0. The zero-order chi connectivity index (χ0) is 18.9. The largest absolute Gasteiger partial charge is 0.459 e. The van der Waals surface area contributed by atoms with Gasteiger partial charge in [0.25, 0.3) is 0 Å². The molecule has 1 N–H and O–H groups in total. The van der Waals surface area contributed by atoms with Crippen LogP contribution < -0.4 is 0 Å². The Morgan fingerprint density at radius 2 is 1.65 bits per heavy atom. The molecule has 2 saturated carbocycles. The van der Waals surface area contributed by atoms with Gasteiger partial charge < -0.3 is 9.84 Å². The van der Waals surface area contributed by atoms with Crippen LogP contribution in [0.3, 0.4) is 0 Å². The van der Waals surface area contributed by atoms with E-state index in [9.17, 15) is 4.79 Å². The van der Waals surface area contributed by atoms with E-state index in [0.717, 1.165) is 36.5 Å². The highest BCUT2D eigenvalue weighted by atomic mass is 16.5. The molecule has 1 atom stereocenters. The van der Waals surface area contributed by atoms with Gasteiger partial charge in [0.2, 0.25) is 0 Å². The molecule has 0 saturated heterocycles. The van der Waals surface area contributed by atoms with E-state index in [0.29, 0.717) is 0 Å². The molecule has 2 rings (SSSR count). The molecule has 0 amide bonds. The van der Waals surface area contributed by atoms with Crippen molar-refractivity contribution in [3.8, 4) is 0 Å². The summed E-state index contributed by atoms with van der Waals surface area (Å²) in [6.07, 6.45) is 15.6. The van der Waals surface area contributed by atoms with Gasteiger partial charge in [0.05, 0.1) is 12.2 Å². The van der Waals surface area contributed by atoms with Crippen LogP contribution in [0.2, 0.25) is 0 Å². The maximum absolute atomic E-state index is 11.7.